The number of nitrogens with zero attached hydrogens (tertiary/aromatic N) is 5. The number of aromatic nitrogens is 5. The molecular formula is C18H18ClN5O2S2. The first-order valence-electron chi connectivity index (χ1n) is 8.31. The smallest absolute Gasteiger partial charge is 0.316 e. The van der Waals surface area contributed by atoms with Crippen LogP contribution in [0, 0.1) is 13.8 Å². The van der Waals surface area contributed by atoms with Crippen molar-refractivity contribution in [2.45, 2.75) is 29.9 Å². The molecule has 0 aliphatic rings. The first-order chi connectivity index (χ1) is 13.5. The molecular weight excluding hydrogens is 418 g/mol. The maximum absolute atomic E-state index is 11.5. The molecule has 7 nitrogen and oxygen atoms in total. The number of esters is 1. The van der Waals surface area contributed by atoms with E-state index in [0.29, 0.717) is 26.9 Å². The van der Waals surface area contributed by atoms with Crippen LogP contribution in [0.5, 0.6) is 0 Å². The first-order valence-corrected chi connectivity index (χ1v) is 10.7. The van der Waals surface area contributed by atoms with Crippen molar-refractivity contribution in [2.24, 2.45) is 0 Å². The number of halogens is 1. The Morgan fingerprint density at radius 3 is 2.57 bits per heavy atom. The molecule has 3 rings (SSSR count). The van der Waals surface area contributed by atoms with Crippen molar-refractivity contribution in [1.29, 1.82) is 0 Å². The molecule has 3 aromatic rings. The zero-order valence-electron chi connectivity index (χ0n) is 15.5. The summed E-state index contributed by atoms with van der Waals surface area (Å²) in [6.45, 7) is 3.88. The maximum Gasteiger partial charge on any atom is 0.316 e. The number of methoxy groups -OCH3 is 1. The van der Waals surface area contributed by atoms with Gasteiger partial charge in [-0.25, -0.2) is 9.97 Å². The molecule has 2 aromatic heterocycles. The average molecular weight is 436 g/mol. The van der Waals surface area contributed by atoms with E-state index in [4.69, 9.17) is 16.3 Å². The van der Waals surface area contributed by atoms with Crippen LogP contribution < -0.4 is 0 Å². The van der Waals surface area contributed by atoms with Crippen LogP contribution >= 0.6 is 35.1 Å². The molecule has 0 aliphatic carbocycles. The Hall–Kier alpha value is -2.10. The van der Waals surface area contributed by atoms with Gasteiger partial charge in [0.05, 0.1) is 24.3 Å². The van der Waals surface area contributed by atoms with Gasteiger partial charge in [0.25, 0.3) is 0 Å². The van der Waals surface area contributed by atoms with Gasteiger partial charge in [-0.2, -0.15) is 0 Å². The molecule has 0 fully saturated rings. The first kappa shape index (κ1) is 20.6. The molecule has 2 heterocycles. The maximum atomic E-state index is 11.5. The second kappa shape index (κ2) is 9.40. The summed E-state index contributed by atoms with van der Waals surface area (Å²) in [6.07, 6.45) is 0. The number of ether oxygens (including phenoxy) is 1. The number of carbonyl (C=O) groups excluding carboxylic acids is 1. The lowest BCUT2D eigenvalue weighted by molar-refractivity contribution is -0.137. The largest absolute Gasteiger partial charge is 0.468 e. The van der Waals surface area contributed by atoms with E-state index in [1.54, 1.807) is 6.07 Å². The Kier molecular flexibility index (Phi) is 6.93. The fourth-order valence-corrected chi connectivity index (χ4v) is 4.28. The molecule has 0 spiro atoms. The Balaban J connectivity index is 1.89. The van der Waals surface area contributed by atoms with Crippen LogP contribution in [0.1, 0.15) is 17.2 Å². The van der Waals surface area contributed by atoms with E-state index < -0.39 is 0 Å². The lowest BCUT2D eigenvalue weighted by atomic mass is 10.3. The summed E-state index contributed by atoms with van der Waals surface area (Å²) < 4.78 is 6.60. The van der Waals surface area contributed by atoms with E-state index in [0.717, 1.165) is 17.1 Å². The Morgan fingerprint density at radius 2 is 1.89 bits per heavy atom. The van der Waals surface area contributed by atoms with Gasteiger partial charge in [0.2, 0.25) is 0 Å². The Bertz CT molecular complexity index is 976. The zero-order chi connectivity index (χ0) is 20.1. The van der Waals surface area contributed by atoms with E-state index in [1.807, 2.05) is 42.7 Å². The fourth-order valence-electron chi connectivity index (χ4n) is 2.43. The lowest BCUT2D eigenvalue weighted by Gasteiger charge is -2.10. The molecule has 28 heavy (non-hydrogen) atoms. The number of rotatable bonds is 7. The van der Waals surface area contributed by atoms with E-state index in [1.165, 1.54) is 30.6 Å². The number of aryl methyl sites for hydroxylation is 2. The average Bonchev–Trinajstić information content (AvgIpc) is 3.06. The minimum absolute atomic E-state index is 0.141. The summed E-state index contributed by atoms with van der Waals surface area (Å²) >= 11 is 8.90. The predicted molar refractivity (Wildman–Crippen MR) is 110 cm³/mol. The molecule has 0 atom stereocenters. The van der Waals surface area contributed by atoms with Crippen LogP contribution in [0.4, 0.5) is 0 Å². The molecule has 1 aromatic carbocycles. The van der Waals surface area contributed by atoms with Gasteiger partial charge in [-0.05, 0) is 38.1 Å². The zero-order valence-corrected chi connectivity index (χ0v) is 17.9. The highest BCUT2D eigenvalue weighted by Gasteiger charge is 2.17. The van der Waals surface area contributed by atoms with Crippen molar-refractivity contribution in [3.05, 3.63) is 52.6 Å². The van der Waals surface area contributed by atoms with Crippen molar-refractivity contribution in [3.8, 4) is 5.69 Å². The van der Waals surface area contributed by atoms with Gasteiger partial charge in [0.1, 0.15) is 5.82 Å². The van der Waals surface area contributed by atoms with Crippen molar-refractivity contribution in [3.63, 3.8) is 0 Å². The molecule has 146 valence electrons. The Morgan fingerprint density at radius 1 is 1.14 bits per heavy atom. The van der Waals surface area contributed by atoms with Crippen LogP contribution in [0.25, 0.3) is 5.69 Å². The van der Waals surface area contributed by atoms with Gasteiger partial charge >= 0.3 is 5.97 Å². The second-order valence-corrected chi connectivity index (χ2v) is 8.12. The normalized spacial score (nSPS) is 10.9. The van der Waals surface area contributed by atoms with Crippen LogP contribution in [0.2, 0.25) is 5.02 Å². The molecule has 0 bridgehead atoms. The summed E-state index contributed by atoms with van der Waals surface area (Å²) in [4.78, 5) is 20.4. The van der Waals surface area contributed by atoms with Crippen molar-refractivity contribution >= 4 is 41.1 Å². The third-order valence-electron chi connectivity index (χ3n) is 3.61. The molecule has 10 heteroatoms. The number of hydrogen-bond donors (Lipinski definition) is 0. The number of benzene rings is 1. The minimum atomic E-state index is -0.329. The van der Waals surface area contributed by atoms with Gasteiger partial charge in [-0.3, -0.25) is 9.36 Å². The number of hydrogen-bond acceptors (Lipinski definition) is 8. The molecule has 0 radical (unpaired) electrons. The highest BCUT2D eigenvalue weighted by atomic mass is 35.5. The highest BCUT2D eigenvalue weighted by Crippen LogP contribution is 2.27. The third kappa shape index (κ3) is 5.24. The summed E-state index contributed by atoms with van der Waals surface area (Å²) in [6, 6.07) is 9.33. The van der Waals surface area contributed by atoms with E-state index in [2.05, 4.69) is 20.2 Å². The molecule has 0 unspecified atom stereocenters. The number of carbonyl (C=O) groups is 1. The number of thioether (sulfide) groups is 2. The van der Waals surface area contributed by atoms with Gasteiger partial charge in [0, 0.05) is 16.4 Å². The van der Waals surface area contributed by atoms with Crippen molar-refractivity contribution in [2.75, 3.05) is 12.9 Å². The summed E-state index contributed by atoms with van der Waals surface area (Å²) in [7, 11) is 1.36. The lowest BCUT2D eigenvalue weighted by Crippen LogP contribution is -2.06. The highest BCUT2D eigenvalue weighted by molar-refractivity contribution is 7.99. The molecule has 0 saturated heterocycles. The van der Waals surface area contributed by atoms with E-state index in [-0.39, 0.29) is 11.7 Å². The monoisotopic (exact) mass is 435 g/mol. The minimum Gasteiger partial charge on any atom is -0.468 e. The molecule has 0 amide bonds. The standard InChI is InChI=1S/C18H18ClN5O2S2/c1-11-7-12(2)21-17(20-11)27-9-15-22-23-18(28-10-16(25)26-3)24(15)14-6-4-5-13(19)8-14/h4-8H,9-10H2,1-3H3. The molecule has 0 saturated carbocycles. The second-order valence-electron chi connectivity index (χ2n) is 5.80. The van der Waals surface area contributed by atoms with Gasteiger partial charge < -0.3 is 4.74 Å². The summed E-state index contributed by atoms with van der Waals surface area (Å²) in [5.41, 5.74) is 2.66. The van der Waals surface area contributed by atoms with Crippen LogP contribution in [0.15, 0.2) is 40.6 Å². The molecule has 0 aliphatic heterocycles. The van der Waals surface area contributed by atoms with Gasteiger partial charge in [-0.15, -0.1) is 10.2 Å². The molecule has 0 N–H and O–H groups in total. The van der Waals surface area contributed by atoms with Crippen molar-refractivity contribution in [1.82, 2.24) is 24.7 Å². The summed E-state index contributed by atoms with van der Waals surface area (Å²) in [5, 5.41) is 10.4. The summed E-state index contributed by atoms with van der Waals surface area (Å²) in [5.74, 6) is 1.04. The Labute approximate surface area is 176 Å². The fraction of sp³-hybridized carbons (Fsp3) is 0.278. The topological polar surface area (TPSA) is 82.8 Å². The third-order valence-corrected chi connectivity index (χ3v) is 5.59. The predicted octanol–water partition coefficient (Wildman–Crippen LogP) is 3.88. The van der Waals surface area contributed by atoms with Gasteiger partial charge in [-0.1, -0.05) is 41.2 Å². The van der Waals surface area contributed by atoms with Crippen LogP contribution in [0.3, 0.4) is 0 Å². The SMILES string of the molecule is COC(=O)CSc1nnc(CSc2nc(C)cc(C)n2)n1-c1cccc(Cl)c1. The van der Waals surface area contributed by atoms with Crippen molar-refractivity contribution < 1.29 is 9.53 Å². The quantitative estimate of drug-likeness (QED) is 0.314. The van der Waals surface area contributed by atoms with Crippen LogP contribution in [-0.2, 0) is 15.3 Å². The van der Waals surface area contributed by atoms with E-state index in [9.17, 15) is 4.79 Å². The van der Waals surface area contributed by atoms with E-state index >= 15 is 0 Å². The van der Waals surface area contributed by atoms with Crippen LogP contribution in [-0.4, -0.2) is 43.6 Å². The van der Waals surface area contributed by atoms with Gasteiger partial charge in [0.15, 0.2) is 10.3 Å².